The third-order valence-corrected chi connectivity index (χ3v) is 10.0. The van der Waals surface area contributed by atoms with Crippen molar-refractivity contribution in [2.75, 3.05) is 57.0 Å². The minimum absolute atomic E-state index is 0.00125. The monoisotopic (exact) mass is 775 g/mol. The molecular weight excluding hydrogens is 739 g/mol. The Balaban J connectivity index is 1.34. The minimum Gasteiger partial charge on any atom is -0.619 e. The van der Waals surface area contributed by atoms with Gasteiger partial charge in [0.15, 0.2) is 23.9 Å². The van der Waals surface area contributed by atoms with E-state index in [9.17, 15) is 27.2 Å². The summed E-state index contributed by atoms with van der Waals surface area (Å²) in [5, 5.41) is 11.8. The quantitative estimate of drug-likeness (QED) is 0.0746. The summed E-state index contributed by atoms with van der Waals surface area (Å²) in [6.07, 6.45) is 1.85. The number of nitrogens with one attached hydrogen (secondary N) is 1. The molecule has 0 amide bonds. The summed E-state index contributed by atoms with van der Waals surface area (Å²) >= 11 is 12.7. The molecule has 0 radical (unpaired) electrons. The van der Waals surface area contributed by atoms with Crippen LogP contribution in [0.3, 0.4) is 0 Å². The SMILES string of the molecule is COc1ccc(OC(=O)O[C@@H](Cc2c(Cl)c[n+]([O-])cc2Cl)c2ccc(OC(F)F)c(OCC3CC3)c2)cc1NS(=O)(=O)CCCN1CCOCC1. The number of rotatable bonds is 17. The molecular formula is C33H37Cl2F2N3O10S. The maximum absolute atomic E-state index is 13.3. The summed E-state index contributed by atoms with van der Waals surface area (Å²) in [5.74, 6) is 0.00796. The second-order valence-electron chi connectivity index (χ2n) is 11.9. The number of halogens is 4. The fraction of sp³-hybridized carbons (Fsp3) is 0.455. The van der Waals surface area contributed by atoms with Gasteiger partial charge in [-0.25, -0.2) is 13.2 Å². The van der Waals surface area contributed by atoms with Gasteiger partial charge in [-0.1, -0.05) is 29.3 Å². The third kappa shape index (κ3) is 11.6. The zero-order valence-corrected chi connectivity index (χ0v) is 29.9. The number of carbonyl (C=O) groups excluding carboxylic acids is 1. The maximum atomic E-state index is 13.3. The van der Waals surface area contributed by atoms with Gasteiger partial charge in [-0.2, -0.15) is 13.5 Å². The van der Waals surface area contributed by atoms with Crippen molar-refractivity contribution >= 4 is 45.1 Å². The number of carbonyl (C=O) groups is 1. The van der Waals surface area contributed by atoms with Crippen LogP contribution in [0.15, 0.2) is 48.8 Å². The molecule has 0 spiro atoms. The number of anilines is 1. The molecule has 2 heterocycles. The molecule has 13 nitrogen and oxygen atoms in total. The molecule has 3 aromatic rings. The molecule has 0 bridgehead atoms. The van der Waals surface area contributed by atoms with Crippen LogP contribution in [0.25, 0.3) is 0 Å². The molecule has 1 aromatic heterocycles. The van der Waals surface area contributed by atoms with Gasteiger partial charge in [0.25, 0.3) is 0 Å². The highest BCUT2D eigenvalue weighted by molar-refractivity contribution is 7.92. The fourth-order valence-corrected chi connectivity index (χ4v) is 6.95. The van der Waals surface area contributed by atoms with E-state index in [2.05, 4.69) is 14.4 Å². The van der Waals surface area contributed by atoms with Crippen LogP contribution in [0.1, 0.15) is 36.5 Å². The summed E-state index contributed by atoms with van der Waals surface area (Å²) in [6.45, 7) is 0.416. The molecule has 1 saturated carbocycles. The van der Waals surface area contributed by atoms with E-state index in [1.54, 1.807) is 0 Å². The molecule has 1 atom stereocenters. The number of nitrogens with zero attached hydrogens (tertiary/aromatic N) is 2. The lowest BCUT2D eigenvalue weighted by molar-refractivity contribution is -0.605. The van der Waals surface area contributed by atoms with Crippen LogP contribution in [0, 0.1) is 11.1 Å². The highest BCUT2D eigenvalue weighted by Crippen LogP contribution is 2.38. The minimum atomic E-state index is -3.81. The van der Waals surface area contributed by atoms with E-state index in [0.717, 1.165) is 38.3 Å². The molecule has 2 fully saturated rings. The summed E-state index contributed by atoms with van der Waals surface area (Å²) in [4.78, 5) is 15.4. The van der Waals surface area contributed by atoms with Crippen LogP contribution in [-0.2, 0) is 25.9 Å². The number of methoxy groups -OCH3 is 1. The topological polar surface area (TPSA) is 149 Å². The first kappa shape index (κ1) is 38.4. The van der Waals surface area contributed by atoms with Gasteiger partial charge in [0.2, 0.25) is 10.0 Å². The second kappa shape index (κ2) is 17.6. The lowest BCUT2D eigenvalue weighted by Crippen LogP contribution is -2.37. The lowest BCUT2D eigenvalue weighted by Gasteiger charge is -2.26. The number of alkyl halides is 2. The zero-order valence-electron chi connectivity index (χ0n) is 27.5. The average molecular weight is 777 g/mol. The molecule has 2 aliphatic rings. The number of aromatic nitrogens is 1. The number of benzene rings is 2. The molecule has 1 aliphatic heterocycles. The van der Waals surface area contributed by atoms with Crippen LogP contribution >= 0.6 is 23.2 Å². The summed E-state index contributed by atoms with van der Waals surface area (Å²) < 4.78 is 87.4. The Kier molecular flexibility index (Phi) is 13.2. The first-order valence-corrected chi connectivity index (χ1v) is 18.4. The summed E-state index contributed by atoms with van der Waals surface area (Å²) in [6, 6.07) is 8.12. The Labute approximate surface area is 303 Å². The highest BCUT2D eigenvalue weighted by atomic mass is 35.5. The summed E-state index contributed by atoms with van der Waals surface area (Å²) in [7, 11) is -2.45. The van der Waals surface area contributed by atoms with Crippen molar-refractivity contribution in [3.05, 3.63) is 75.2 Å². The Morgan fingerprint density at radius 2 is 1.78 bits per heavy atom. The van der Waals surface area contributed by atoms with Crippen LogP contribution in [0.4, 0.5) is 19.3 Å². The van der Waals surface area contributed by atoms with Crippen molar-refractivity contribution in [3.63, 3.8) is 0 Å². The van der Waals surface area contributed by atoms with Crippen molar-refractivity contribution in [3.8, 4) is 23.0 Å². The molecule has 0 unspecified atom stereocenters. The number of pyridine rings is 1. The van der Waals surface area contributed by atoms with E-state index in [1.807, 2.05) is 0 Å². The van der Waals surface area contributed by atoms with Crippen molar-refractivity contribution in [1.82, 2.24) is 4.90 Å². The van der Waals surface area contributed by atoms with E-state index in [-0.39, 0.29) is 74.6 Å². The van der Waals surface area contributed by atoms with Crippen LogP contribution in [0.5, 0.6) is 23.0 Å². The van der Waals surface area contributed by atoms with E-state index in [0.29, 0.717) is 30.9 Å². The smallest absolute Gasteiger partial charge is 0.514 e. The Bertz CT molecular complexity index is 1760. The molecule has 278 valence electrons. The van der Waals surface area contributed by atoms with Crippen LogP contribution in [-0.4, -0.2) is 78.4 Å². The van der Waals surface area contributed by atoms with Crippen molar-refractivity contribution in [2.45, 2.75) is 38.4 Å². The van der Waals surface area contributed by atoms with E-state index in [1.165, 1.54) is 43.5 Å². The maximum Gasteiger partial charge on any atom is 0.514 e. The number of morpholine rings is 1. The van der Waals surface area contributed by atoms with E-state index in [4.69, 9.17) is 46.9 Å². The second-order valence-corrected chi connectivity index (χ2v) is 14.5. The Morgan fingerprint density at radius 3 is 2.45 bits per heavy atom. The molecule has 1 saturated heterocycles. The van der Waals surface area contributed by atoms with Gasteiger partial charge < -0.3 is 33.6 Å². The lowest BCUT2D eigenvalue weighted by atomic mass is 10.0. The summed E-state index contributed by atoms with van der Waals surface area (Å²) in [5.41, 5.74) is 0.573. The Hall–Kier alpha value is -3.83. The standard InChI is InChI=1S/C33H37Cl2F2N3O10S/c1-45-28-8-6-23(16-27(28)38-51(43,44)14-2-9-39-10-12-46-13-11-39)48-33(41)50-30(17-24-25(34)18-40(42)19-26(24)35)22-5-7-29(49-32(36)37)31(15-22)47-20-21-3-4-21/h5-8,15-16,18-19,21,30,32,38H,2-4,9-14,17,20H2,1H3/t30-/m0/s1. The van der Waals surface area contributed by atoms with Gasteiger partial charge in [0.1, 0.15) is 27.6 Å². The molecule has 18 heteroatoms. The van der Waals surface area contributed by atoms with Crippen molar-refractivity contribution in [1.29, 1.82) is 0 Å². The predicted octanol–water partition coefficient (Wildman–Crippen LogP) is 5.99. The number of hydrogen-bond acceptors (Lipinski definition) is 11. The molecule has 1 N–H and O–H groups in total. The number of sulfonamides is 1. The van der Waals surface area contributed by atoms with E-state index >= 15 is 0 Å². The Morgan fingerprint density at radius 1 is 1.08 bits per heavy atom. The van der Waals surface area contributed by atoms with Gasteiger partial charge in [0.05, 0.1) is 38.4 Å². The molecule has 2 aromatic carbocycles. The first-order chi connectivity index (χ1) is 24.4. The molecule has 1 aliphatic carbocycles. The van der Waals surface area contributed by atoms with Gasteiger partial charge >= 0.3 is 12.8 Å². The number of ether oxygens (including phenoxy) is 6. The van der Waals surface area contributed by atoms with Gasteiger partial charge in [-0.05, 0) is 61.6 Å². The van der Waals surface area contributed by atoms with Gasteiger partial charge in [-0.15, -0.1) is 0 Å². The highest BCUT2D eigenvalue weighted by Gasteiger charge is 2.27. The van der Waals surface area contributed by atoms with Gasteiger partial charge in [-0.3, -0.25) is 9.62 Å². The van der Waals surface area contributed by atoms with Crippen LogP contribution in [0.2, 0.25) is 10.0 Å². The first-order valence-electron chi connectivity index (χ1n) is 16.0. The van der Waals surface area contributed by atoms with Crippen molar-refractivity contribution < 1.29 is 55.1 Å². The average Bonchev–Trinajstić information content (AvgIpc) is 3.90. The molecule has 51 heavy (non-hydrogen) atoms. The predicted molar refractivity (Wildman–Crippen MR) is 183 cm³/mol. The largest absolute Gasteiger partial charge is 0.619 e. The third-order valence-electron chi connectivity index (χ3n) is 8.04. The van der Waals surface area contributed by atoms with Crippen LogP contribution < -0.4 is 28.4 Å². The fourth-order valence-electron chi connectivity index (χ4n) is 5.25. The zero-order chi connectivity index (χ0) is 36.5. The van der Waals surface area contributed by atoms with E-state index < -0.39 is 28.9 Å². The van der Waals surface area contributed by atoms with Gasteiger partial charge in [0, 0.05) is 31.1 Å². The number of hydrogen-bond donors (Lipinski definition) is 1. The van der Waals surface area contributed by atoms with Crippen molar-refractivity contribution in [2.24, 2.45) is 5.92 Å². The molecule has 5 rings (SSSR count). The normalized spacial score (nSPS) is 15.6.